The molecule has 0 saturated heterocycles. The predicted octanol–water partition coefficient (Wildman–Crippen LogP) is 2.70. The molecular formula is C18H15ClN4O2. The van der Waals surface area contributed by atoms with Gasteiger partial charge in [0.05, 0.1) is 12.8 Å². The molecule has 7 heteroatoms. The van der Waals surface area contributed by atoms with Crippen LogP contribution in [0.25, 0.3) is 10.9 Å². The third-order valence-electron chi connectivity index (χ3n) is 3.53. The Hall–Kier alpha value is -3.12. The van der Waals surface area contributed by atoms with E-state index in [1.165, 1.54) is 0 Å². The van der Waals surface area contributed by atoms with Crippen LogP contribution in [0.1, 0.15) is 15.9 Å². The molecule has 3 N–H and O–H groups in total. The van der Waals surface area contributed by atoms with E-state index >= 15 is 0 Å². The maximum absolute atomic E-state index is 11.9. The summed E-state index contributed by atoms with van der Waals surface area (Å²) in [6, 6.07) is 14.2. The van der Waals surface area contributed by atoms with E-state index in [-0.39, 0.29) is 12.5 Å². The fraction of sp³-hybridized carbons (Fsp3) is 0.0556. The monoisotopic (exact) mass is 354 g/mol. The van der Waals surface area contributed by atoms with Crippen LogP contribution in [0, 0.1) is 0 Å². The predicted molar refractivity (Wildman–Crippen MR) is 97.8 cm³/mol. The van der Waals surface area contributed by atoms with Crippen molar-refractivity contribution in [3.63, 3.8) is 0 Å². The first kappa shape index (κ1) is 16.7. The van der Waals surface area contributed by atoms with E-state index in [9.17, 15) is 9.59 Å². The number of nitrogens with zero attached hydrogens (tertiary/aromatic N) is 1. The number of nitrogens with one attached hydrogen (secondary N) is 3. The summed E-state index contributed by atoms with van der Waals surface area (Å²) in [7, 11) is 0. The van der Waals surface area contributed by atoms with Crippen molar-refractivity contribution in [3.8, 4) is 0 Å². The number of benzene rings is 2. The number of H-pyrrole nitrogens is 1. The normalized spacial score (nSPS) is 10.9. The van der Waals surface area contributed by atoms with Crippen molar-refractivity contribution in [3.05, 3.63) is 70.9 Å². The van der Waals surface area contributed by atoms with Crippen molar-refractivity contribution in [1.29, 1.82) is 0 Å². The number of fused-ring (bicyclic) bond motifs is 1. The number of hydrogen-bond donors (Lipinski definition) is 3. The number of para-hydroxylation sites is 1. The van der Waals surface area contributed by atoms with Gasteiger partial charge in [0.25, 0.3) is 11.8 Å². The molecule has 6 nitrogen and oxygen atoms in total. The molecule has 2 aromatic carbocycles. The fourth-order valence-corrected chi connectivity index (χ4v) is 2.40. The highest BCUT2D eigenvalue weighted by Crippen LogP contribution is 2.15. The van der Waals surface area contributed by atoms with Crippen LogP contribution in [0.5, 0.6) is 0 Å². The van der Waals surface area contributed by atoms with E-state index in [4.69, 9.17) is 11.6 Å². The molecule has 3 rings (SSSR count). The van der Waals surface area contributed by atoms with E-state index in [1.807, 2.05) is 30.5 Å². The molecule has 0 spiro atoms. The number of carbonyl (C=O) groups is 2. The second-order valence-electron chi connectivity index (χ2n) is 5.27. The standard InChI is InChI=1S/C18H15ClN4O2/c19-14-7-5-12(6-8-14)18(25)21-11-17(24)23-22-10-13-9-20-16-4-2-1-3-15(13)16/h1-10,20H,11H2,(H,21,25)(H,23,24)/b22-10-. The maximum Gasteiger partial charge on any atom is 0.259 e. The summed E-state index contributed by atoms with van der Waals surface area (Å²) in [5, 5.41) is 7.98. The van der Waals surface area contributed by atoms with Crippen LogP contribution in [0.2, 0.25) is 5.02 Å². The van der Waals surface area contributed by atoms with Gasteiger partial charge in [-0.05, 0) is 30.3 Å². The van der Waals surface area contributed by atoms with E-state index in [0.29, 0.717) is 10.6 Å². The van der Waals surface area contributed by atoms with Crippen LogP contribution in [0.15, 0.2) is 59.8 Å². The second kappa shape index (κ2) is 7.63. The second-order valence-corrected chi connectivity index (χ2v) is 5.71. The van der Waals surface area contributed by atoms with Gasteiger partial charge >= 0.3 is 0 Å². The van der Waals surface area contributed by atoms with Gasteiger partial charge in [0.1, 0.15) is 0 Å². The summed E-state index contributed by atoms with van der Waals surface area (Å²) >= 11 is 5.77. The number of amides is 2. The molecule has 0 aliphatic heterocycles. The average Bonchev–Trinajstić information content (AvgIpc) is 3.04. The zero-order chi connectivity index (χ0) is 17.6. The molecule has 0 aliphatic carbocycles. The summed E-state index contributed by atoms with van der Waals surface area (Å²) in [6.07, 6.45) is 3.36. The summed E-state index contributed by atoms with van der Waals surface area (Å²) in [4.78, 5) is 26.8. The third kappa shape index (κ3) is 4.24. The fourth-order valence-electron chi connectivity index (χ4n) is 2.28. The first-order chi connectivity index (χ1) is 12.1. The molecule has 3 aromatic rings. The lowest BCUT2D eigenvalue weighted by molar-refractivity contribution is -0.120. The topological polar surface area (TPSA) is 86.3 Å². The molecule has 0 aliphatic rings. The van der Waals surface area contributed by atoms with Crippen LogP contribution in [0.4, 0.5) is 0 Å². The zero-order valence-corrected chi connectivity index (χ0v) is 13.9. The molecule has 0 fully saturated rings. The van der Waals surface area contributed by atoms with Gasteiger partial charge in [0, 0.05) is 33.2 Å². The van der Waals surface area contributed by atoms with E-state index < -0.39 is 5.91 Å². The molecule has 1 aromatic heterocycles. The third-order valence-corrected chi connectivity index (χ3v) is 3.78. The summed E-state index contributed by atoms with van der Waals surface area (Å²) < 4.78 is 0. The first-order valence-corrected chi connectivity index (χ1v) is 7.93. The smallest absolute Gasteiger partial charge is 0.259 e. The van der Waals surface area contributed by atoms with Crippen LogP contribution in [-0.4, -0.2) is 29.6 Å². The van der Waals surface area contributed by atoms with Crippen molar-refractivity contribution >= 4 is 40.5 Å². The number of carbonyl (C=O) groups excluding carboxylic acids is 2. The summed E-state index contributed by atoms with van der Waals surface area (Å²) in [5.41, 5.74) is 4.67. The summed E-state index contributed by atoms with van der Waals surface area (Å²) in [5.74, 6) is -0.772. The Morgan fingerprint density at radius 2 is 1.88 bits per heavy atom. The Morgan fingerprint density at radius 1 is 1.12 bits per heavy atom. The quantitative estimate of drug-likeness (QED) is 0.486. The van der Waals surface area contributed by atoms with Gasteiger partial charge in [0.15, 0.2) is 0 Å². The number of halogens is 1. The highest BCUT2D eigenvalue weighted by molar-refractivity contribution is 6.30. The molecule has 0 saturated carbocycles. The first-order valence-electron chi connectivity index (χ1n) is 7.55. The SMILES string of the molecule is O=C(CNC(=O)c1ccc(Cl)cc1)N/N=C\c1c[nH]c2ccccc12. The van der Waals surface area contributed by atoms with Crippen LogP contribution in [0.3, 0.4) is 0 Å². The Kier molecular flexibility index (Phi) is 5.11. The number of aromatic amines is 1. The zero-order valence-electron chi connectivity index (χ0n) is 13.1. The molecule has 126 valence electrons. The van der Waals surface area contributed by atoms with Crippen molar-refractivity contribution in [2.24, 2.45) is 5.10 Å². The van der Waals surface area contributed by atoms with Crippen molar-refractivity contribution in [1.82, 2.24) is 15.7 Å². The Bertz CT molecular complexity index is 932. The molecule has 1 heterocycles. The Morgan fingerprint density at radius 3 is 2.68 bits per heavy atom. The van der Waals surface area contributed by atoms with Gasteiger partial charge < -0.3 is 10.3 Å². The molecule has 2 amide bonds. The van der Waals surface area contributed by atoms with Gasteiger partial charge in [-0.3, -0.25) is 9.59 Å². The van der Waals surface area contributed by atoms with Crippen LogP contribution < -0.4 is 10.7 Å². The lowest BCUT2D eigenvalue weighted by atomic mass is 10.2. The van der Waals surface area contributed by atoms with Crippen LogP contribution in [-0.2, 0) is 4.79 Å². The summed E-state index contributed by atoms with van der Waals surface area (Å²) in [6.45, 7) is -0.174. The van der Waals surface area contributed by atoms with Crippen molar-refractivity contribution < 1.29 is 9.59 Å². The lowest BCUT2D eigenvalue weighted by Gasteiger charge is -2.04. The molecule has 0 atom stereocenters. The van der Waals surface area contributed by atoms with Gasteiger partial charge in [-0.1, -0.05) is 29.8 Å². The van der Waals surface area contributed by atoms with Crippen molar-refractivity contribution in [2.75, 3.05) is 6.54 Å². The maximum atomic E-state index is 11.9. The number of hydrazone groups is 1. The van der Waals surface area contributed by atoms with E-state index in [1.54, 1.807) is 30.5 Å². The van der Waals surface area contributed by atoms with Gasteiger partial charge in [-0.25, -0.2) is 5.43 Å². The Labute approximate surface area is 148 Å². The minimum absolute atomic E-state index is 0.174. The lowest BCUT2D eigenvalue weighted by Crippen LogP contribution is -2.34. The highest BCUT2D eigenvalue weighted by atomic mass is 35.5. The number of hydrogen-bond acceptors (Lipinski definition) is 3. The van der Waals surface area contributed by atoms with Crippen molar-refractivity contribution in [2.45, 2.75) is 0 Å². The molecule has 0 radical (unpaired) electrons. The Balaban J connectivity index is 1.51. The van der Waals surface area contributed by atoms with E-state index in [2.05, 4.69) is 20.8 Å². The van der Waals surface area contributed by atoms with Gasteiger partial charge in [-0.15, -0.1) is 0 Å². The minimum atomic E-state index is -0.418. The number of aromatic nitrogens is 1. The molecule has 25 heavy (non-hydrogen) atoms. The molecule has 0 unspecified atom stereocenters. The molecule has 0 bridgehead atoms. The van der Waals surface area contributed by atoms with E-state index in [0.717, 1.165) is 16.5 Å². The van der Waals surface area contributed by atoms with Crippen LogP contribution >= 0.6 is 11.6 Å². The number of rotatable bonds is 5. The minimum Gasteiger partial charge on any atom is -0.361 e. The largest absolute Gasteiger partial charge is 0.361 e. The van der Waals surface area contributed by atoms with Gasteiger partial charge in [-0.2, -0.15) is 5.10 Å². The average molecular weight is 355 g/mol. The highest BCUT2D eigenvalue weighted by Gasteiger charge is 2.07. The van der Waals surface area contributed by atoms with Gasteiger partial charge in [0.2, 0.25) is 0 Å². The molecular weight excluding hydrogens is 340 g/mol.